The monoisotopic (exact) mass is 503 g/mol. The van der Waals surface area contributed by atoms with Crippen molar-refractivity contribution in [3.05, 3.63) is 98.9 Å². The number of benzene rings is 3. The van der Waals surface area contributed by atoms with Crippen LogP contribution in [0.25, 0.3) is 0 Å². The molecule has 0 atom stereocenters. The van der Waals surface area contributed by atoms with Crippen LogP contribution in [0.2, 0.25) is 10.0 Å². The van der Waals surface area contributed by atoms with E-state index in [2.05, 4.69) is 10.6 Å². The molecule has 0 spiro atoms. The summed E-state index contributed by atoms with van der Waals surface area (Å²) in [5.74, 6) is -2.37. The van der Waals surface area contributed by atoms with Crippen molar-refractivity contribution < 1.29 is 18.8 Å². The van der Waals surface area contributed by atoms with Gasteiger partial charge in [0.1, 0.15) is 16.5 Å². The van der Waals surface area contributed by atoms with Gasteiger partial charge >= 0.3 is 0 Å². The van der Waals surface area contributed by atoms with Crippen LogP contribution in [-0.2, 0) is 9.59 Å². The Labute approximate surface area is 202 Å². The summed E-state index contributed by atoms with van der Waals surface area (Å²) >= 11 is 18.3. The Morgan fingerprint density at radius 2 is 1.58 bits per heavy atom. The normalized spacial score (nSPS) is 13.5. The second-order valence-corrected chi connectivity index (χ2v) is 8.12. The highest BCUT2D eigenvalue weighted by Gasteiger charge is 2.40. The van der Waals surface area contributed by atoms with Crippen molar-refractivity contribution in [3.8, 4) is 0 Å². The molecule has 1 heterocycles. The zero-order valence-corrected chi connectivity index (χ0v) is 18.8. The largest absolute Gasteiger partial charge is 0.350 e. The molecule has 6 nitrogen and oxygen atoms in total. The molecule has 4 rings (SSSR count). The first kappa shape index (κ1) is 22.8. The smallest absolute Gasteiger partial charge is 0.283 e. The SMILES string of the molecule is O=C(Nc1ccc(F)cc1)c1cccc(NC2=C(Cl)C(=O)N(c3cc(Cl)ccc3Cl)C2=O)c1. The molecule has 33 heavy (non-hydrogen) atoms. The number of nitrogens with zero attached hydrogens (tertiary/aromatic N) is 1. The summed E-state index contributed by atoms with van der Waals surface area (Å²) in [4.78, 5) is 39.0. The van der Waals surface area contributed by atoms with Gasteiger partial charge in [0.2, 0.25) is 0 Å². The Balaban J connectivity index is 1.56. The van der Waals surface area contributed by atoms with Crippen LogP contribution < -0.4 is 15.5 Å². The van der Waals surface area contributed by atoms with Gasteiger partial charge in [-0.1, -0.05) is 40.9 Å². The highest BCUT2D eigenvalue weighted by molar-refractivity contribution is 6.54. The molecule has 0 bridgehead atoms. The number of nitrogens with one attached hydrogen (secondary N) is 2. The zero-order chi connectivity index (χ0) is 23.7. The van der Waals surface area contributed by atoms with Gasteiger partial charge in [-0.3, -0.25) is 14.4 Å². The summed E-state index contributed by atoms with van der Waals surface area (Å²) in [7, 11) is 0. The summed E-state index contributed by atoms with van der Waals surface area (Å²) in [5.41, 5.74) is 0.939. The summed E-state index contributed by atoms with van der Waals surface area (Å²) < 4.78 is 13.1. The van der Waals surface area contributed by atoms with Crippen molar-refractivity contribution in [1.82, 2.24) is 0 Å². The van der Waals surface area contributed by atoms with Crippen molar-refractivity contribution in [2.45, 2.75) is 0 Å². The van der Waals surface area contributed by atoms with Gasteiger partial charge in [-0.05, 0) is 60.7 Å². The number of hydrogen-bond acceptors (Lipinski definition) is 4. The molecule has 166 valence electrons. The van der Waals surface area contributed by atoms with Gasteiger partial charge in [0.15, 0.2) is 0 Å². The van der Waals surface area contributed by atoms with E-state index in [0.717, 1.165) is 4.90 Å². The number of amides is 3. The van der Waals surface area contributed by atoms with Crippen LogP contribution in [0.15, 0.2) is 77.5 Å². The highest BCUT2D eigenvalue weighted by Crippen LogP contribution is 2.35. The Hall–Kier alpha value is -3.39. The molecular formula is C23H13Cl3FN3O3. The van der Waals surface area contributed by atoms with Gasteiger partial charge in [0, 0.05) is 22.0 Å². The van der Waals surface area contributed by atoms with Crippen LogP contribution in [0.1, 0.15) is 10.4 Å². The van der Waals surface area contributed by atoms with Crippen molar-refractivity contribution >= 4 is 69.6 Å². The lowest BCUT2D eigenvalue weighted by molar-refractivity contribution is -0.120. The molecule has 0 unspecified atom stereocenters. The quantitative estimate of drug-likeness (QED) is 0.429. The topological polar surface area (TPSA) is 78.5 Å². The van der Waals surface area contributed by atoms with Gasteiger partial charge in [0.05, 0.1) is 10.7 Å². The molecule has 10 heteroatoms. The second-order valence-electron chi connectivity index (χ2n) is 6.90. The zero-order valence-electron chi connectivity index (χ0n) is 16.5. The molecule has 0 fully saturated rings. The van der Waals surface area contributed by atoms with E-state index in [-0.39, 0.29) is 32.0 Å². The summed E-state index contributed by atoms with van der Waals surface area (Å²) in [6, 6.07) is 15.9. The summed E-state index contributed by atoms with van der Waals surface area (Å²) in [5, 5.41) is 5.54. The molecule has 2 N–H and O–H groups in total. The minimum Gasteiger partial charge on any atom is -0.350 e. The Morgan fingerprint density at radius 1 is 0.848 bits per heavy atom. The van der Waals surface area contributed by atoms with E-state index in [1.807, 2.05) is 0 Å². The van der Waals surface area contributed by atoms with E-state index in [9.17, 15) is 18.8 Å². The first-order chi connectivity index (χ1) is 15.7. The third-order valence-electron chi connectivity index (χ3n) is 4.67. The van der Waals surface area contributed by atoms with E-state index < -0.39 is 23.5 Å². The number of anilines is 3. The van der Waals surface area contributed by atoms with Crippen molar-refractivity contribution in [3.63, 3.8) is 0 Å². The molecule has 3 amide bonds. The maximum Gasteiger partial charge on any atom is 0.283 e. The fourth-order valence-corrected chi connectivity index (χ4v) is 3.69. The lowest BCUT2D eigenvalue weighted by Crippen LogP contribution is -2.32. The predicted octanol–water partition coefficient (Wildman–Crippen LogP) is 5.82. The molecule has 3 aromatic carbocycles. The van der Waals surface area contributed by atoms with Crippen molar-refractivity contribution in [1.29, 1.82) is 0 Å². The maximum absolute atomic E-state index is 13.1. The number of rotatable bonds is 5. The van der Waals surface area contributed by atoms with Crippen LogP contribution in [-0.4, -0.2) is 17.7 Å². The molecule has 1 aliphatic heterocycles. The first-order valence-corrected chi connectivity index (χ1v) is 10.6. The van der Waals surface area contributed by atoms with Gasteiger partial charge in [-0.15, -0.1) is 0 Å². The van der Waals surface area contributed by atoms with Crippen LogP contribution in [0.4, 0.5) is 21.5 Å². The van der Waals surface area contributed by atoms with Gasteiger partial charge in [0.25, 0.3) is 17.7 Å². The van der Waals surface area contributed by atoms with Crippen molar-refractivity contribution in [2.24, 2.45) is 0 Å². The minimum atomic E-state index is -0.765. The van der Waals surface area contributed by atoms with E-state index in [1.165, 1.54) is 48.5 Å². The minimum absolute atomic E-state index is 0.0987. The summed E-state index contributed by atoms with van der Waals surface area (Å²) in [6.45, 7) is 0. The van der Waals surface area contributed by atoms with Gasteiger partial charge in [-0.2, -0.15) is 0 Å². The average molecular weight is 505 g/mol. The molecule has 0 saturated carbocycles. The van der Waals surface area contributed by atoms with Crippen LogP contribution >= 0.6 is 34.8 Å². The maximum atomic E-state index is 13.1. The molecule has 3 aromatic rings. The van der Waals surface area contributed by atoms with Crippen LogP contribution in [0.3, 0.4) is 0 Å². The Morgan fingerprint density at radius 3 is 2.30 bits per heavy atom. The first-order valence-electron chi connectivity index (χ1n) is 9.42. The highest BCUT2D eigenvalue weighted by atomic mass is 35.5. The molecule has 0 radical (unpaired) electrons. The van der Waals surface area contributed by atoms with E-state index in [0.29, 0.717) is 11.4 Å². The predicted molar refractivity (Wildman–Crippen MR) is 126 cm³/mol. The average Bonchev–Trinajstić information content (AvgIpc) is 3.00. The van der Waals surface area contributed by atoms with Crippen LogP contribution in [0.5, 0.6) is 0 Å². The molecule has 0 aromatic heterocycles. The molecular weight excluding hydrogens is 492 g/mol. The van der Waals surface area contributed by atoms with E-state index in [4.69, 9.17) is 34.8 Å². The van der Waals surface area contributed by atoms with Crippen LogP contribution in [0, 0.1) is 5.82 Å². The molecule has 0 saturated heterocycles. The number of carbonyl (C=O) groups excluding carboxylic acids is 3. The summed E-state index contributed by atoms with van der Waals surface area (Å²) in [6.07, 6.45) is 0. The Kier molecular flexibility index (Phi) is 6.37. The fraction of sp³-hybridized carbons (Fsp3) is 0. The van der Waals surface area contributed by atoms with Crippen molar-refractivity contribution in [2.75, 3.05) is 15.5 Å². The van der Waals surface area contributed by atoms with Gasteiger partial charge in [-0.25, -0.2) is 9.29 Å². The lowest BCUT2D eigenvalue weighted by atomic mass is 10.1. The third-order valence-corrected chi connectivity index (χ3v) is 5.58. The van der Waals surface area contributed by atoms with E-state index >= 15 is 0 Å². The molecule has 0 aliphatic carbocycles. The second kappa shape index (κ2) is 9.23. The number of halogens is 4. The fourth-order valence-electron chi connectivity index (χ4n) is 3.11. The molecule has 1 aliphatic rings. The number of hydrogen-bond donors (Lipinski definition) is 2. The third kappa shape index (κ3) is 4.71. The Bertz CT molecular complexity index is 1330. The standard InChI is InChI=1S/C23H13Cl3FN3O3/c24-13-4-9-17(25)18(11-13)30-22(32)19(26)20(23(30)33)28-16-3-1-2-12(10-16)21(31)29-15-7-5-14(27)6-8-15/h1-11,28H,(H,29,31). The number of carbonyl (C=O) groups is 3. The lowest BCUT2D eigenvalue weighted by Gasteiger charge is -2.17. The van der Waals surface area contributed by atoms with Gasteiger partial charge < -0.3 is 10.6 Å². The van der Waals surface area contributed by atoms with E-state index in [1.54, 1.807) is 18.2 Å². The number of imide groups is 1.